The Hall–Kier alpha value is -3.23. The lowest BCUT2D eigenvalue weighted by molar-refractivity contribution is 0.352. The van der Waals surface area contributed by atoms with E-state index >= 15 is 0 Å². The third kappa shape index (κ3) is 3.34. The molecule has 1 atom stereocenters. The Morgan fingerprint density at radius 3 is 2.43 bits per heavy atom. The molecular weight excluding hydrogens is 410 g/mol. The molecule has 8 nitrogen and oxygen atoms in total. The fourth-order valence-electron chi connectivity index (χ4n) is 3.77. The van der Waals surface area contributed by atoms with Gasteiger partial charge >= 0.3 is 5.69 Å². The van der Waals surface area contributed by atoms with Crippen molar-refractivity contribution in [1.29, 1.82) is 0 Å². The van der Waals surface area contributed by atoms with Gasteiger partial charge in [0.25, 0.3) is 5.56 Å². The van der Waals surface area contributed by atoms with Gasteiger partial charge in [-0.3, -0.25) is 9.78 Å². The Balaban J connectivity index is 1.93. The summed E-state index contributed by atoms with van der Waals surface area (Å²) >= 11 is 5.93. The molecule has 0 radical (unpaired) electrons. The smallest absolute Gasteiger partial charge is 0.335 e. The predicted octanol–water partition coefficient (Wildman–Crippen LogP) is 2.14. The first-order chi connectivity index (χ1) is 14.4. The zero-order valence-electron chi connectivity index (χ0n) is 16.4. The van der Waals surface area contributed by atoms with E-state index in [1.807, 2.05) is 6.07 Å². The molecule has 0 fully saturated rings. The number of halogens is 1. The molecule has 0 amide bonds. The molecule has 0 aliphatic carbocycles. The molecule has 3 aromatic rings. The summed E-state index contributed by atoms with van der Waals surface area (Å²) in [5.41, 5.74) is 0.732. The molecule has 4 rings (SSSR count). The summed E-state index contributed by atoms with van der Waals surface area (Å²) in [5.74, 6) is 0.652. The number of hydrogen-bond donors (Lipinski definition) is 3. The lowest BCUT2D eigenvalue weighted by Crippen LogP contribution is -2.38. The van der Waals surface area contributed by atoms with Crippen molar-refractivity contribution in [2.24, 2.45) is 0 Å². The van der Waals surface area contributed by atoms with Crippen molar-refractivity contribution < 1.29 is 14.6 Å². The normalized spacial score (nSPS) is 15.5. The third-order valence-electron chi connectivity index (χ3n) is 5.19. The SMILES string of the molecule is COc1cc2c(cc1OC)C(c1c(O)n(-c3ccc(Cl)cc3)c(=O)[nH]c1=O)NCC2. The molecule has 9 heteroatoms. The molecular formula is C21H20ClN3O5. The molecule has 1 aliphatic rings. The van der Waals surface area contributed by atoms with Gasteiger partial charge in [-0.1, -0.05) is 11.6 Å². The Morgan fingerprint density at radius 1 is 1.10 bits per heavy atom. The van der Waals surface area contributed by atoms with Gasteiger partial charge in [0.05, 0.1) is 31.5 Å². The number of H-pyrrole nitrogens is 1. The number of methoxy groups -OCH3 is 2. The Kier molecular flexibility index (Phi) is 5.27. The maximum absolute atomic E-state index is 12.7. The summed E-state index contributed by atoms with van der Waals surface area (Å²) in [4.78, 5) is 27.5. The fraction of sp³-hybridized carbons (Fsp3) is 0.238. The van der Waals surface area contributed by atoms with E-state index in [2.05, 4.69) is 10.3 Å². The van der Waals surface area contributed by atoms with E-state index in [0.29, 0.717) is 35.2 Å². The van der Waals surface area contributed by atoms with Gasteiger partial charge in [-0.2, -0.15) is 0 Å². The van der Waals surface area contributed by atoms with Crippen LogP contribution in [0, 0.1) is 0 Å². The van der Waals surface area contributed by atoms with Crippen LogP contribution in [-0.4, -0.2) is 35.4 Å². The van der Waals surface area contributed by atoms with Crippen LogP contribution in [0.15, 0.2) is 46.0 Å². The van der Waals surface area contributed by atoms with E-state index in [9.17, 15) is 14.7 Å². The van der Waals surface area contributed by atoms with Gasteiger partial charge in [0.15, 0.2) is 11.5 Å². The Labute approximate surface area is 176 Å². The van der Waals surface area contributed by atoms with Crippen LogP contribution in [0.1, 0.15) is 22.7 Å². The van der Waals surface area contributed by atoms with Crippen LogP contribution in [-0.2, 0) is 6.42 Å². The summed E-state index contributed by atoms with van der Waals surface area (Å²) in [6.07, 6.45) is 0.710. The fourth-order valence-corrected chi connectivity index (χ4v) is 3.90. The molecule has 156 valence electrons. The maximum Gasteiger partial charge on any atom is 0.335 e. The number of benzene rings is 2. The first kappa shape index (κ1) is 20.1. The molecule has 0 saturated carbocycles. The highest BCUT2D eigenvalue weighted by Crippen LogP contribution is 2.38. The van der Waals surface area contributed by atoms with Gasteiger partial charge in [0.2, 0.25) is 5.88 Å². The van der Waals surface area contributed by atoms with E-state index in [1.54, 1.807) is 37.4 Å². The zero-order valence-corrected chi connectivity index (χ0v) is 17.1. The topological polar surface area (TPSA) is 106 Å². The molecule has 0 saturated heterocycles. The van der Waals surface area contributed by atoms with Crippen molar-refractivity contribution >= 4 is 11.6 Å². The van der Waals surface area contributed by atoms with Gasteiger partial charge in [0.1, 0.15) is 0 Å². The Morgan fingerprint density at radius 2 is 1.77 bits per heavy atom. The van der Waals surface area contributed by atoms with Crippen molar-refractivity contribution in [2.75, 3.05) is 20.8 Å². The van der Waals surface area contributed by atoms with E-state index in [1.165, 1.54) is 7.11 Å². The molecule has 0 bridgehead atoms. The molecule has 1 aliphatic heterocycles. The van der Waals surface area contributed by atoms with Crippen LogP contribution in [0.4, 0.5) is 0 Å². The maximum atomic E-state index is 12.7. The first-order valence-corrected chi connectivity index (χ1v) is 9.64. The van der Waals surface area contributed by atoms with Crippen molar-refractivity contribution in [3.63, 3.8) is 0 Å². The number of nitrogens with one attached hydrogen (secondary N) is 2. The summed E-state index contributed by atoms with van der Waals surface area (Å²) in [6, 6.07) is 9.36. The number of fused-ring (bicyclic) bond motifs is 1. The average molecular weight is 430 g/mol. The number of hydrogen-bond acceptors (Lipinski definition) is 6. The van der Waals surface area contributed by atoms with Gasteiger partial charge in [-0.25, -0.2) is 9.36 Å². The predicted molar refractivity (Wildman–Crippen MR) is 112 cm³/mol. The number of ether oxygens (including phenoxy) is 2. The van der Waals surface area contributed by atoms with Crippen molar-refractivity contribution in [1.82, 2.24) is 14.9 Å². The highest BCUT2D eigenvalue weighted by Gasteiger charge is 2.30. The number of aromatic hydroxyl groups is 1. The molecule has 0 spiro atoms. The molecule has 3 N–H and O–H groups in total. The molecule has 2 aromatic carbocycles. The van der Waals surface area contributed by atoms with Crippen LogP contribution in [0.2, 0.25) is 5.02 Å². The van der Waals surface area contributed by atoms with Gasteiger partial charge < -0.3 is 19.9 Å². The van der Waals surface area contributed by atoms with Crippen molar-refractivity contribution in [3.05, 3.63) is 78.9 Å². The number of rotatable bonds is 4. The minimum Gasteiger partial charge on any atom is -0.494 e. The second kappa shape index (κ2) is 7.89. The zero-order chi connectivity index (χ0) is 21.4. The van der Waals surface area contributed by atoms with Gasteiger partial charge in [-0.05, 0) is 53.9 Å². The molecule has 1 unspecified atom stereocenters. The van der Waals surface area contributed by atoms with E-state index < -0.39 is 23.2 Å². The summed E-state index contributed by atoms with van der Waals surface area (Å²) in [7, 11) is 3.09. The second-order valence-electron chi connectivity index (χ2n) is 6.85. The van der Waals surface area contributed by atoms with Crippen LogP contribution >= 0.6 is 11.6 Å². The lowest BCUT2D eigenvalue weighted by atomic mass is 9.90. The largest absolute Gasteiger partial charge is 0.494 e. The lowest BCUT2D eigenvalue weighted by Gasteiger charge is -2.28. The molecule has 1 aromatic heterocycles. The van der Waals surface area contributed by atoms with Crippen LogP contribution < -0.4 is 26.0 Å². The standard InChI is InChI=1S/C21H20ClN3O5/c1-29-15-9-11-7-8-23-18(14(11)10-16(15)30-2)17-19(26)24-21(28)25(20(17)27)13-5-3-12(22)4-6-13/h3-6,9-10,18,23,27H,7-8H2,1-2H3,(H,24,26,28). The second-order valence-corrected chi connectivity index (χ2v) is 7.29. The minimum absolute atomic E-state index is 0.0396. The van der Waals surface area contributed by atoms with Crippen molar-refractivity contribution in [2.45, 2.75) is 12.5 Å². The molecule has 2 heterocycles. The summed E-state index contributed by atoms with van der Waals surface area (Å²) in [6.45, 7) is 0.575. The highest BCUT2D eigenvalue weighted by atomic mass is 35.5. The van der Waals surface area contributed by atoms with E-state index in [-0.39, 0.29) is 5.56 Å². The number of nitrogens with zero attached hydrogens (tertiary/aromatic N) is 1. The molecule has 30 heavy (non-hydrogen) atoms. The van der Waals surface area contributed by atoms with Crippen LogP contribution in [0.5, 0.6) is 17.4 Å². The summed E-state index contributed by atoms with van der Waals surface area (Å²) in [5, 5.41) is 14.7. The quantitative estimate of drug-likeness (QED) is 0.586. The monoisotopic (exact) mass is 429 g/mol. The van der Waals surface area contributed by atoms with Crippen LogP contribution in [0.25, 0.3) is 5.69 Å². The van der Waals surface area contributed by atoms with Gasteiger partial charge in [0, 0.05) is 11.6 Å². The third-order valence-corrected chi connectivity index (χ3v) is 5.45. The van der Waals surface area contributed by atoms with Gasteiger partial charge in [-0.15, -0.1) is 0 Å². The van der Waals surface area contributed by atoms with Crippen molar-refractivity contribution in [3.8, 4) is 23.1 Å². The van der Waals surface area contributed by atoms with E-state index in [4.69, 9.17) is 21.1 Å². The minimum atomic E-state index is -0.744. The average Bonchev–Trinajstić information content (AvgIpc) is 2.73. The number of aromatic nitrogens is 2. The number of aromatic amines is 1. The highest BCUT2D eigenvalue weighted by molar-refractivity contribution is 6.30. The Bertz CT molecular complexity index is 1220. The first-order valence-electron chi connectivity index (χ1n) is 9.27. The van der Waals surface area contributed by atoms with E-state index in [0.717, 1.165) is 15.7 Å². The van der Waals surface area contributed by atoms with Crippen LogP contribution in [0.3, 0.4) is 0 Å². The summed E-state index contributed by atoms with van der Waals surface area (Å²) < 4.78 is 11.8.